The molecule has 2 heterocycles. The quantitative estimate of drug-likeness (QED) is 0.520. The molecule has 4 aromatic rings. The van der Waals surface area contributed by atoms with Crippen LogP contribution in [0.1, 0.15) is 11.1 Å². The minimum atomic E-state index is 0.418. The van der Waals surface area contributed by atoms with Crippen molar-refractivity contribution in [3.8, 4) is 34.2 Å². The SMILES string of the molecule is Cc1ccc(C)c(-c2cc(-c3nc(-c4ccc(Br)cc4)no3)[nH]n2)c1. The van der Waals surface area contributed by atoms with Crippen LogP contribution in [0, 0.1) is 13.8 Å². The molecule has 2 aromatic carbocycles. The van der Waals surface area contributed by atoms with Crippen molar-refractivity contribution < 1.29 is 4.52 Å². The lowest BCUT2D eigenvalue weighted by atomic mass is 10.0. The molecular weight excluding hydrogens is 380 g/mol. The third-order valence-corrected chi connectivity index (χ3v) is 4.53. The molecule has 0 aliphatic heterocycles. The van der Waals surface area contributed by atoms with E-state index in [1.165, 1.54) is 11.1 Å². The number of nitrogens with zero attached hydrogens (tertiary/aromatic N) is 3. The highest BCUT2D eigenvalue weighted by molar-refractivity contribution is 9.10. The minimum Gasteiger partial charge on any atom is -0.332 e. The molecule has 0 fully saturated rings. The van der Waals surface area contributed by atoms with Crippen LogP contribution in [0.2, 0.25) is 0 Å². The molecule has 4 rings (SSSR count). The van der Waals surface area contributed by atoms with E-state index in [0.717, 1.165) is 21.3 Å². The Balaban J connectivity index is 1.67. The van der Waals surface area contributed by atoms with E-state index in [1.54, 1.807) is 0 Å². The molecule has 0 aliphatic carbocycles. The normalized spacial score (nSPS) is 11.0. The van der Waals surface area contributed by atoms with Crippen molar-refractivity contribution in [2.45, 2.75) is 13.8 Å². The lowest BCUT2D eigenvalue weighted by Gasteiger charge is -2.02. The molecule has 0 saturated carbocycles. The fourth-order valence-corrected chi connectivity index (χ4v) is 2.89. The fraction of sp³-hybridized carbons (Fsp3) is 0.105. The maximum Gasteiger partial charge on any atom is 0.276 e. The second-order valence-corrected chi connectivity index (χ2v) is 6.83. The van der Waals surface area contributed by atoms with Crippen molar-refractivity contribution in [3.63, 3.8) is 0 Å². The first-order chi connectivity index (χ1) is 12.1. The predicted molar refractivity (Wildman–Crippen MR) is 99.9 cm³/mol. The number of hydrogen-bond acceptors (Lipinski definition) is 4. The lowest BCUT2D eigenvalue weighted by Crippen LogP contribution is -1.84. The predicted octanol–water partition coefficient (Wildman–Crippen LogP) is 5.17. The smallest absolute Gasteiger partial charge is 0.276 e. The molecule has 0 saturated heterocycles. The van der Waals surface area contributed by atoms with Crippen LogP contribution in [0.15, 0.2) is 57.5 Å². The summed E-state index contributed by atoms with van der Waals surface area (Å²) in [5.41, 5.74) is 5.92. The summed E-state index contributed by atoms with van der Waals surface area (Å²) >= 11 is 3.42. The summed E-state index contributed by atoms with van der Waals surface area (Å²) in [6, 6.07) is 16.0. The van der Waals surface area contributed by atoms with Crippen LogP contribution in [0.5, 0.6) is 0 Å². The number of aromatic amines is 1. The number of halogens is 1. The van der Waals surface area contributed by atoms with Gasteiger partial charge in [0.15, 0.2) is 0 Å². The highest BCUT2D eigenvalue weighted by Gasteiger charge is 2.14. The van der Waals surface area contributed by atoms with E-state index in [0.29, 0.717) is 17.4 Å². The molecule has 0 atom stereocenters. The molecule has 0 unspecified atom stereocenters. The Hall–Kier alpha value is -2.73. The average Bonchev–Trinajstić information content (AvgIpc) is 3.27. The van der Waals surface area contributed by atoms with Crippen molar-refractivity contribution in [3.05, 3.63) is 64.1 Å². The topological polar surface area (TPSA) is 67.6 Å². The Labute approximate surface area is 153 Å². The first-order valence-corrected chi connectivity index (χ1v) is 8.62. The van der Waals surface area contributed by atoms with Crippen LogP contribution in [0.3, 0.4) is 0 Å². The molecule has 2 aromatic heterocycles. The van der Waals surface area contributed by atoms with Gasteiger partial charge in [-0.1, -0.05) is 38.8 Å². The van der Waals surface area contributed by atoms with Gasteiger partial charge in [0.25, 0.3) is 5.89 Å². The third-order valence-electron chi connectivity index (χ3n) is 4.01. The number of aromatic nitrogens is 4. The second-order valence-electron chi connectivity index (χ2n) is 5.92. The van der Waals surface area contributed by atoms with Gasteiger partial charge in [-0.2, -0.15) is 10.1 Å². The Morgan fingerprint density at radius 2 is 1.80 bits per heavy atom. The molecule has 0 spiro atoms. The zero-order valence-corrected chi connectivity index (χ0v) is 15.3. The third kappa shape index (κ3) is 3.13. The maximum absolute atomic E-state index is 5.39. The van der Waals surface area contributed by atoms with E-state index >= 15 is 0 Å². The van der Waals surface area contributed by atoms with Gasteiger partial charge in [0, 0.05) is 15.6 Å². The number of aryl methyl sites for hydroxylation is 2. The van der Waals surface area contributed by atoms with Crippen LogP contribution in [-0.2, 0) is 0 Å². The molecule has 124 valence electrons. The van der Waals surface area contributed by atoms with Gasteiger partial charge in [0.2, 0.25) is 5.82 Å². The standard InChI is InChI=1S/C19H15BrN4O/c1-11-3-4-12(2)15(9-11)16-10-17(23-22-16)19-21-18(24-25-19)13-5-7-14(20)8-6-13/h3-10H,1-2H3,(H,22,23). The molecule has 0 bridgehead atoms. The van der Waals surface area contributed by atoms with Crippen molar-refractivity contribution in [1.82, 2.24) is 20.3 Å². The summed E-state index contributed by atoms with van der Waals surface area (Å²) in [4.78, 5) is 4.46. The number of rotatable bonds is 3. The number of nitrogens with one attached hydrogen (secondary N) is 1. The summed E-state index contributed by atoms with van der Waals surface area (Å²) in [6.45, 7) is 4.14. The summed E-state index contributed by atoms with van der Waals surface area (Å²) in [7, 11) is 0. The van der Waals surface area contributed by atoms with Gasteiger partial charge < -0.3 is 4.52 Å². The van der Waals surface area contributed by atoms with E-state index in [-0.39, 0.29) is 0 Å². The van der Waals surface area contributed by atoms with Gasteiger partial charge in [-0.05, 0) is 55.8 Å². The van der Waals surface area contributed by atoms with Gasteiger partial charge in [0.05, 0.1) is 5.69 Å². The Bertz CT molecular complexity index is 1030. The van der Waals surface area contributed by atoms with Gasteiger partial charge in [-0.3, -0.25) is 5.10 Å². The summed E-state index contributed by atoms with van der Waals surface area (Å²) in [5.74, 6) is 0.965. The Morgan fingerprint density at radius 1 is 1.00 bits per heavy atom. The van der Waals surface area contributed by atoms with Crippen LogP contribution < -0.4 is 0 Å². The van der Waals surface area contributed by atoms with Crippen molar-refractivity contribution in [2.24, 2.45) is 0 Å². The van der Waals surface area contributed by atoms with Gasteiger partial charge in [-0.15, -0.1) is 0 Å². The van der Waals surface area contributed by atoms with Crippen molar-refractivity contribution in [1.29, 1.82) is 0 Å². The maximum atomic E-state index is 5.39. The van der Waals surface area contributed by atoms with Crippen LogP contribution >= 0.6 is 15.9 Å². The molecule has 0 radical (unpaired) electrons. The van der Waals surface area contributed by atoms with E-state index in [2.05, 4.69) is 68.3 Å². The monoisotopic (exact) mass is 394 g/mol. The summed E-state index contributed by atoms with van der Waals surface area (Å²) in [6.07, 6.45) is 0. The van der Waals surface area contributed by atoms with Crippen LogP contribution in [-0.4, -0.2) is 20.3 Å². The first kappa shape index (κ1) is 15.8. The van der Waals surface area contributed by atoms with E-state index in [9.17, 15) is 0 Å². The number of hydrogen-bond donors (Lipinski definition) is 1. The zero-order chi connectivity index (χ0) is 17.4. The van der Waals surface area contributed by atoms with Gasteiger partial charge >= 0.3 is 0 Å². The minimum absolute atomic E-state index is 0.418. The molecule has 25 heavy (non-hydrogen) atoms. The van der Waals surface area contributed by atoms with E-state index < -0.39 is 0 Å². The second kappa shape index (κ2) is 6.29. The number of H-pyrrole nitrogens is 1. The number of benzene rings is 2. The van der Waals surface area contributed by atoms with Gasteiger partial charge in [-0.25, -0.2) is 0 Å². The summed E-state index contributed by atoms with van der Waals surface area (Å²) in [5, 5.41) is 11.4. The molecule has 1 N–H and O–H groups in total. The highest BCUT2D eigenvalue weighted by atomic mass is 79.9. The molecule has 5 nitrogen and oxygen atoms in total. The van der Waals surface area contributed by atoms with Crippen LogP contribution in [0.25, 0.3) is 34.2 Å². The highest BCUT2D eigenvalue weighted by Crippen LogP contribution is 2.27. The zero-order valence-electron chi connectivity index (χ0n) is 13.7. The molecule has 0 aliphatic rings. The average molecular weight is 395 g/mol. The van der Waals surface area contributed by atoms with Crippen molar-refractivity contribution in [2.75, 3.05) is 0 Å². The Kier molecular flexibility index (Phi) is 3.97. The fourth-order valence-electron chi connectivity index (χ4n) is 2.63. The van der Waals surface area contributed by atoms with Crippen molar-refractivity contribution >= 4 is 15.9 Å². The Morgan fingerprint density at radius 3 is 2.60 bits per heavy atom. The van der Waals surface area contributed by atoms with E-state index in [1.807, 2.05) is 30.3 Å². The first-order valence-electron chi connectivity index (χ1n) is 7.83. The molecular formula is C19H15BrN4O. The molecule has 0 amide bonds. The van der Waals surface area contributed by atoms with E-state index in [4.69, 9.17) is 4.52 Å². The van der Waals surface area contributed by atoms with Gasteiger partial charge in [0.1, 0.15) is 5.69 Å². The summed E-state index contributed by atoms with van der Waals surface area (Å²) < 4.78 is 6.40. The van der Waals surface area contributed by atoms with Crippen LogP contribution in [0.4, 0.5) is 0 Å². The molecule has 6 heteroatoms. The lowest BCUT2D eigenvalue weighted by molar-refractivity contribution is 0.431. The largest absolute Gasteiger partial charge is 0.332 e.